The average Bonchev–Trinajstić information content (AvgIpc) is 3.12. The van der Waals surface area contributed by atoms with Gasteiger partial charge in [0.05, 0.1) is 0 Å². The van der Waals surface area contributed by atoms with Gasteiger partial charge in [0.2, 0.25) is 5.91 Å². The second-order valence-corrected chi connectivity index (χ2v) is 8.99. The molecule has 1 aliphatic heterocycles. The van der Waals surface area contributed by atoms with E-state index in [2.05, 4.69) is 5.32 Å². The average molecular weight is 415 g/mol. The molecule has 2 aromatic carbocycles. The topological polar surface area (TPSA) is 49.4 Å². The van der Waals surface area contributed by atoms with E-state index in [1.54, 1.807) is 23.1 Å². The Kier molecular flexibility index (Phi) is 6.63. The van der Waals surface area contributed by atoms with Gasteiger partial charge < -0.3 is 10.2 Å². The second kappa shape index (κ2) is 8.99. The summed E-state index contributed by atoms with van der Waals surface area (Å²) in [5, 5.41) is 2.62. The van der Waals surface area contributed by atoms with Gasteiger partial charge in [0.1, 0.15) is 17.2 Å². The lowest BCUT2D eigenvalue weighted by atomic mass is 10.1. The number of hydrogen-bond donors (Lipinski definition) is 1. The molecule has 29 heavy (non-hydrogen) atoms. The van der Waals surface area contributed by atoms with E-state index in [-0.39, 0.29) is 29.6 Å². The van der Waals surface area contributed by atoms with Gasteiger partial charge in [0.15, 0.2) is 0 Å². The SMILES string of the molecule is Cc1cccc(C(=O)N2C(C(=O)NC(C)C(C)C)CSC2c2cccc(F)c2)c1. The number of rotatable bonds is 5. The van der Waals surface area contributed by atoms with Crippen LogP contribution >= 0.6 is 11.8 Å². The summed E-state index contributed by atoms with van der Waals surface area (Å²) in [5.41, 5.74) is 2.19. The summed E-state index contributed by atoms with van der Waals surface area (Å²) in [6.45, 7) is 7.97. The molecule has 3 atom stereocenters. The van der Waals surface area contributed by atoms with Crippen molar-refractivity contribution in [1.82, 2.24) is 10.2 Å². The van der Waals surface area contributed by atoms with Gasteiger partial charge in [-0.15, -0.1) is 11.8 Å². The van der Waals surface area contributed by atoms with E-state index in [1.807, 2.05) is 45.9 Å². The van der Waals surface area contributed by atoms with Crippen LogP contribution in [0.4, 0.5) is 4.39 Å². The molecule has 154 valence electrons. The third-order valence-corrected chi connectivity index (χ3v) is 6.63. The highest BCUT2D eigenvalue weighted by Gasteiger charge is 2.43. The molecule has 3 rings (SSSR count). The first-order valence-corrected chi connectivity index (χ1v) is 10.9. The van der Waals surface area contributed by atoms with Crippen molar-refractivity contribution in [2.75, 3.05) is 5.75 Å². The molecule has 6 heteroatoms. The molecule has 4 nitrogen and oxygen atoms in total. The van der Waals surface area contributed by atoms with Crippen LogP contribution < -0.4 is 5.32 Å². The van der Waals surface area contributed by atoms with Crippen molar-refractivity contribution < 1.29 is 14.0 Å². The molecule has 0 aromatic heterocycles. The number of aryl methyl sites for hydroxylation is 1. The second-order valence-electron chi connectivity index (χ2n) is 7.88. The Morgan fingerprint density at radius 2 is 1.86 bits per heavy atom. The van der Waals surface area contributed by atoms with Crippen molar-refractivity contribution in [3.63, 3.8) is 0 Å². The molecule has 0 bridgehead atoms. The van der Waals surface area contributed by atoms with Crippen LogP contribution in [0.15, 0.2) is 48.5 Å². The first-order valence-electron chi connectivity index (χ1n) is 9.84. The lowest BCUT2D eigenvalue weighted by Gasteiger charge is -2.30. The van der Waals surface area contributed by atoms with E-state index in [0.29, 0.717) is 16.9 Å². The zero-order valence-electron chi connectivity index (χ0n) is 17.2. The normalized spacial score (nSPS) is 20.0. The maximum atomic E-state index is 13.8. The van der Waals surface area contributed by atoms with Crippen LogP contribution in [-0.4, -0.2) is 34.6 Å². The van der Waals surface area contributed by atoms with Gasteiger partial charge in [-0.2, -0.15) is 0 Å². The van der Waals surface area contributed by atoms with Crippen molar-refractivity contribution in [3.05, 3.63) is 71.0 Å². The van der Waals surface area contributed by atoms with Crippen LogP contribution in [-0.2, 0) is 4.79 Å². The van der Waals surface area contributed by atoms with Gasteiger partial charge in [0.25, 0.3) is 5.91 Å². The summed E-state index contributed by atoms with van der Waals surface area (Å²) in [6, 6.07) is 13.0. The molecular formula is C23H27FN2O2S. The maximum absolute atomic E-state index is 13.8. The first kappa shape index (κ1) is 21.4. The minimum absolute atomic E-state index is 0.00311. The maximum Gasteiger partial charge on any atom is 0.255 e. The quantitative estimate of drug-likeness (QED) is 0.781. The van der Waals surface area contributed by atoms with Crippen molar-refractivity contribution >= 4 is 23.6 Å². The number of nitrogens with zero attached hydrogens (tertiary/aromatic N) is 1. The molecule has 2 aromatic rings. The van der Waals surface area contributed by atoms with E-state index in [0.717, 1.165) is 5.56 Å². The molecule has 0 spiro atoms. The molecule has 0 aliphatic carbocycles. The van der Waals surface area contributed by atoms with Gasteiger partial charge in [0, 0.05) is 17.4 Å². The Balaban J connectivity index is 1.95. The highest BCUT2D eigenvalue weighted by molar-refractivity contribution is 7.99. The molecule has 1 aliphatic rings. The van der Waals surface area contributed by atoms with Crippen LogP contribution in [0.2, 0.25) is 0 Å². The summed E-state index contributed by atoms with van der Waals surface area (Å²) in [7, 11) is 0. The summed E-state index contributed by atoms with van der Waals surface area (Å²) >= 11 is 1.49. The summed E-state index contributed by atoms with van der Waals surface area (Å²) in [6.07, 6.45) is 0. The third kappa shape index (κ3) is 4.81. The lowest BCUT2D eigenvalue weighted by molar-refractivity contribution is -0.125. The number of amides is 2. The molecule has 1 fully saturated rings. The first-order chi connectivity index (χ1) is 13.8. The van der Waals surface area contributed by atoms with Gasteiger partial charge in [-0.1, -0.05) is 43.7 Å². The number of carbonyl (C=O) groups excluding carboxylic acids is 2. The Hall–Kier alpha value is -2.34. The fourth-order valence-electron chi connectivity index (χ4n) is 3.29. The number of benzene rings is 2. The number of nitrogens with one attached hydrogen (secondary N) is 1. The van der Waals surface area contributed by atoms with Crippen LogP contribution in [0.1, 0.15) is 47.6 Å². The van der Waals surface area contributed by atoms with Gasteiger partial charge in [-0.25, -0.2) is 4.39 Å². The van der Waals surface area contributed by atoms with Crippen molar-refractivity contribution in [2.24, 2.45) is 5.92 Å². The Morgan fingerprint density at radius 3 is 2.52 bits per heavy atom. The van der Waals surface area contributed by atoms with E-state index < -0.39 is 11.4 Å². The Morgan fingerprint density at radius 1 is 1.14 bits per heavy atom. The zero-order valence-corrected chi connectivity index (χ0v) is 18.0. The fourth-order valence-corrected chi connectivity index (χ4v) is 4.71. The molecule has 3 unspecified atom stereocenters. The van der Waals surface area contributed by atoms with E-state index in [4.69, 9.17) is 0 Å². The van der Waals surface area contributed by atoms with Crippen LogP contribution in [0.25, 0.3) is 0 Å². The zero-order chi connectivity index (χ0) is 21.1. The highest BCUT2D eigenvalue weighted by atomic mass is 32.2. The largest absolute Gasteiger partial charge is 0.352 e. The smallest absolute Gasteiger partial charge is 0.255 e. The summed E-state index contributed by atoms with van der Waals surface area (Å²) in [4.78, 5) is 28.1. The molecule has 1 N–H and O–H groups in total. The fraction of sp³-hybridized carbons (Fsp3) is 0.391. The number of thioether (sulfide) groups is 1. The standard InChI is InChI=1S/C23H27FN2O2S/c1-14(2)16(4)25-21(27)20-13-29-23(18-9-6-10-19(24)12-18)26(20)22(28)17-8-5-7-15(3)11-17/h5-12,14,16,20,23H,13H2,1-4H3,(H,25,27). The monoisotopic (exact) mass is 414 g/mol. The molecule has 1 heterocycles. The number of hydrogen-bond acceptors (Lipinski definition) is 3. The molecule has 0 saturated carbocycles. The van der Waals surface area contributed by atoms with Crippen molar-refractivity contribution in [3.8, 4) is 0 Å². The highest BCUT2D eigenvalue weighted by Crippen LogP contribution is 2.42. The van der Waals surface area contributed by atoms with Crippen LogP contribution in [0, 0.1) is 18.7 Å². The molecule has 0 radical (unpaired) electrons. The van der Waals surface area contributed by atoms with E-state index >= 15 is 0 Å². The predicted molar refractivity (Wildman–Crippen MR) is 115 cm³/mol. The lowest BCUT2D eigenvalue weighted by Crippen LogP contribution is -2.50. The van der Waals surface area contributed by atoms with E-state index in [1.165, 1.54) is 23.9 Å². The Labute approximate surface area is 175 Å². The van der Waals surface area contributed by atoms with Crippen molar-refractivity contribution in [1.29, 1.82) is 0 Å². The Bertz CT molecular complexity index is 902. The van der Waals surface area contributed by atoms with Crippen LogP contribution in [0.3, 0.4) is 0 Å². The number of carbonyl (C=O) groups is 2. The minimum Gasteiger partial charge on any atom is -0.352 e. The van der Waals surface area contributed by atoms with Crippen LogP contribution in [0.5, 0.6) is 0 Å². The molecule has 1 saturated heterocycles. The van der Waals surface area contributed by atoms with Gasteiger partial charge in [-0.05, 0) is 49.6 Å². The molecule has 2 amide bonds. The summed E-state index contributed by atoms with van der Waals surface area (Å²) < 4.78 is 13.8. The molecular weight excluding hydrogens is 387 g/mol. The summed E-state index contributed by atoms with van der Waals surface area (Å²) in [5.74, 6) is 0.0132. The number of halogens is 1. The minimum atomic E-state index is -0.609. The predicted octanol–water partition coefficient (Wildman–Crippen LogP) is 4.55. The van der Waals surface area contributed by atoms with E-state index in [9.17, 15) is 14.0 Å². The van der Waals surface area contributed by atoms with Gasteiger partial charge in [-0.3, -0.25) is 9.59 Å². The van der Waals surface area contributed by atoms with Gasteiger partial charge >= 0.3 is 0 Å². The van der Waals surface area contributed by atoms with Crippen molar-refractivity contribution in [2.45, 2.75) is 45.2 Å². The third-order valence-electron chi connectivity index (χ3n) is 5.31.